The first-order valence-corrected chi connectivity index (χ1v) is 7.06. The van der Waals surface area contributed by atoms with Crippen LogP contribution in [-0.2, 0) is 4.79 Å². The minimum absolute atomic E-state index is 0.141. The van der Waals surface area contributed by atoms with Gasteiger partial charge < -0.3 is 10.2 Å². The SMILES string of the molecule is C[C@@H](C(=O)Nc1ccc(Cl)cc1F)[NH+]1CCCCC1. The van der Waals surface area contributed by atoms with Crippen LogP contribution in [0, 0.1) is 5.82 Å². The maximum Gasteiger partial charge on any atom is 0.282 e. The molecule has 3 nitrogen and oxygen atoms in total. The van der Waals surface area contributed by atoms with Gasteiger partial charge in [0.05, 0.1) is 18.8 Å². The molecule has 0 spiro atoms. The third kappa shape index (κ3) is 3.67. The van der Waals surface area contributed by atoms with Crippen molar-refractivity contribution in [3.8, 4) is 0 Å². The van der Waals surface area contributed by atoms with Gasteiger partial charge >= 0.3 is 0 Å². The molecule has 1 saturated heterocycles. The lowest BCUT2D eigenvalue weighted by Crippen LogP contribution is -3.17. The van der Waals surface area contributed by atoms with E-state index < -0.39 is 5.82 Å². The Morgan fingerprint density at radius 3 is 2.68 bits per heavy atom. The van der Waals surface area contributed by atoms with Crippen molar-refractivity contribution in [2.24, 2.45) is 0 Å². The Morgan fingerprint density at radius 1 is 1.37 bits per heavy atom. The second-order valence-electron chi connectivity index (χ2n) is 5.05. The topological polar surface area (TPSA) is 33.5 Å². The number of anilines is 1. The number of piperidine rings is 1. The summed E-state index contributed by atoms with van der Waals surface area (Å²) in [7, 11) is 0. The van der Waals surface area contributed by atoms with E-state index in [0.717, 1.165) is 25.9 Å². The number of hydrogen-bond acceptors (Lipinski definition) is 1. The molecule has 1 aliphatic rings. The average molecular weight is 286 g/mol. The maximum atomic E-state index is 13.6. The predicted octanol–water partition coefficient (Wildman–Crippen LogP) is 1.87. The van der Waals surface area contributed by atoms with Crippen LogP contribution in [0.2, 0.25) is 5.02 Å². The summed E-state index contributed by atoms with van der Waals surface area (Å²) < 4.78 is 13.6. The molecule has 0 unspecified atom stereocenters. The van der Waals surface area contributed by atoms with Gasteiger partial charge in [-0.15, -0.1) is 0 Å². The van der Waals surface area contributed by atoms with E-state index in [4.69, 9.17) is 11.6 Å². The van der Waals surface area contributed by atoms with E-state index in [0.29, 0.717) is 5.02 Å². The summed E-state index contributed by atoms with van der Waals surface area (Å²) in [6.45, 7) is 3.92. The van der Waals surface area contributed by atoms with Gasteiger partial charge in [0.2, 0.25) is 0 Å². The van der Waals surface area contributed by atoms with Gasteiger partial charge in [-0.2, -0.15) is 0 Å². The molecule has 0 aliphatic carbocycles. The minimum atomic E-state index is -0.498. The van der Waals surface area contributed by atoms with Crippen LogP contribution in [0.3, 0.4) is 0 Å². The maximum absolute atomic E-state index is 13.6. The normalized spacial score (nSPS) is 18.1. The highest BCUT2D eigenvalue weighted by atomic mass is 35.5. The number of quaternary nitrogens is 1. The van der Waals surface area contributed by atoms with Gasteiger partial charge in [0.15, 0.2) is 6.04 Å². The Hall–Kier alpha value is -1.13. The molecule has 1 amide bonds. The van der Waals surface area contributed by atoms with E-state index in [1.807, 2.05) is 6.92 Å². The summed E-state index contributed by atoms with van der Waals surface area (Å²) in [6, 6.07) is 4.11. The Bertz CT molecular complexity index is 461. The van der Waals surface area contributed by atoms with Crippen LogP contribution in [-0.4, -0.2) is 25.0 Å². The second kappa shape index (κ2) is 6.35. The highest BCUT2D eigenvalue weighted by Crippen LogP contribution is 2.18. The summed E-state index contributed by atoms with van der Waals surface area (Å²) in [4.78, 5) is 13.4. The van der Waals surface area contributed by atoms with Crippen molar-refractivity contribution < 1.29 is 14.1 Å². The fourth-order valence-corrected chi connectivity index (χ4v) is 2.61. The molecule has 2 N–H and O–H groups in total. The van der Waals surface area contributed by atoms with Crippen LogP contribution in [0.1, 0.15) is 26.2 Å². The van der Waals surface area contributed by atoms with Gasteiger partial charge in [0.1, 0.15) is 5.82 Å². The molecule has 1 aromatic rings. The van der Waals surface area contributed by atoms with E-state index >= 15 is 0 Å². The molecule has 19 heavy (non-hydrogen) atoms. The summed E-state index contributed by atoms with van der Waals surface area (Å²) in [5.41, 5.74) is 0.192. The van der Waals surface area contributed by atoms with Crippen LogP contribution < -0.4 is 10.2 Å². The third-order valence-electron chi connectivity index (χ3n) is 3.69. The van der Waals surface area contributed by atoms with Crippen molar-refractivity contribution in [3.05, 3.63) is 29.0 Å². The molecule has 104 valence electrons. The van der Waals surface area contributed by atoms with Gasteiger partial charge in [0, 0.05) is 5.02 Å². The number of rotatable bonds is 3. The summed E-state index contributed by atoms with van der Waals surface area (Å²) in [6.07, 6.45) is 3.55. The van der Waals surface area contributed by atoms with E-state index in [-0.39, 0.29) is 17.6 Å². The fourth-order valence-electron chi connectivity index (χ4n) is 2.46. The molecule has 0 aromatic heterocycles. The van der Waals surface area contributed by atoms with Crippen LogP contribution in [0.15, 0.2) is 18.2 Å². The molecule has 1 aromatic carbocycles. The van der Waals surface area contributed by atoms with Crippen LogP contribution in [0.5, 0.6) is 0 Å². The molecule has 0 bridgehead atoms. The van der Waals surface area contributed by atoms with Gasteiger partial charge in [-0.05, 0) is 44.4 Å². The fraction of sp³-hybridized carbons (Fsp3) is 0.500. The highest BCUT2D eigenvalue weighted by Gasteiger charge is 2.26. The lowest BCUT2D eigenvalue weighted by molar-refractivity contribution is -0.918. The first-order valence-electron chi connectivity index (χ1n) is 6.68. The lowest BCUT2D eigenvalue weighted by atomic mass is 10.1. The standard InChI is InChI=1S/C14H18ClFN2O/c1-10(18-7-3-2-4-8-18)14(19)17-13-6-5-11(15)9-12(13)16/h5-6,9-10H,2-4,7-8H2,1H3,(H,17,19)/p+1/t10-/m0/s1. The van der Waals surface area contributed by atoms with E-state index in [1.165, 1.54) is 23.5 Å². The molecule has 1 fully saturated rings. The number of nitrogens with one attached hydrogen (secondary N) is 2. The number of hydrogen-bond donors (Lipinski definition) is 2. The van der Waals surface area contributed by atoms with Crippen molar-refractivity contribution in [2.75, 3.05) is 18.4 Å². The number of carbonyl (C=O) groups excluding carboxylic acids is 1. The molecule has 5 heteroatoms. The molecule has 1 atom stereocenters. The van der Waals surface area contributed by atoms with Crippen LogP contribution >= 0.6 is 11.6 Å². The summed E-state index contributed by atoms with van der Waals surface area (Å²) in [5, 5.41) is 2.97. The summed E-state index contributed by atoms with van der Waals surface area (Å²) in [5.74, 6) is -0.639. The Labute approximate surface area is 117 Å². The third-order valence-corrected chi connectivity index (χ3v) is 3.93. The zero-order valence-electron chi connectivity index (χ0n) is 11.0. The van der Waals surface area contributed by atoms with Gasteiger partial charge in [-0.3, -0.25) is 4.79 Å². The van der Waals surface area contributed by atoms with E-state index in [9.17, 15) is 9.18 Å². The van der Waals surface area contributed by atoms with Crippen LogP contribution in [0.4, 0.5) is 10.1 Å². The first kappa shape index (κ1) is 14.3. The van der Waals surface area contributed by atoms with E-state index in [1.54, 1.807) is 6.07 Å². The molecule has 0 saturated carbocycles. The Balaban J connectivity index is 1.99. The lowest BCUT2D eigenvalue weighted by Gasteiger charge is -2.28. The number of benzene rings is 1. The number of carbonyl (C=O) groups is 1. The van der Waals surface area contributed by atoms with Crippen molar-refractivity contribution in [1.82, 2.24) is 0 Å². The van der Waals surface area contributed by atoms with Crippen molar-refractivity contribution >= 4 is 23.2 Å². The minimum Gasteiger partial charge on any atom is -0.325 e. The van der Waals surface area contributed by atoms with Gasteiger partial charge in [0.25, 0.3) is 5.91 Å². The van der Waals surface area contributed by atoms with Gasteiger partial charge in [-0.25, -0.2) is 4.39 Å². The van der Waals surface area contributed by atoms with E-state index in [2.05, 4.69) is 5.32 Å². The Morgan fingerprint density at radius 2 is 2.05 bits per heavy atom. The first-order chi connectivity index (χ1) is 9.08. The van der Waals surface area contributed by atoms with Gasteiger partial charge in [-0.1, -0.05) is 11.6 Å². The second-order valence-corrected chi connectivity index (χ2v) is 5.49. The zero-order chi connectivity index (χ0) is 13.8. The molecule has 1 aliphatic heterocycles. The van der Waals surface area contributed by atoms with Crippen molar-refractivity contribution in [3.63, 3.8) is 0 Å². The number of likely N-dealkylation sites (tertiary alicyclic amines) is 1. The molecule has 2 rings (SSSR count). The summed E-state index contributed by atoms with van der Waals surface area (Å²) >= 11 is 5.68. The Kier molecular flexibility index (Phi) is 4.77. The number of halogens is 2. The van der Waals surface area contributed by atoms with Crippen molar-refractivity contribution in [1.29, 1.82) is 0 Å². The zero-order valence-corrected chi connectivity index (χ0v) is 11.8. The average Bonchev–Trinajstić information content (AvgIpc) is 2.42. The molecule has 1 heterocycles. The molecular weight excluding hydrogens is 267 g/mol. The quantitative estimate of drug-likeness (QED) is 0.873. The van der Waals surface area contributed by atoms with Crippen molar-refractivity contribution in [2.45, 2.75) is 32.2 Å². The monoisotopic (exact) mass is 285 g/mol. The predicted molar refractivity (Wildman–Crippen MR) is 74.0 cm³/mol. The molecule has 0 radical (unpaired) electrons. The smallest absolute Gasteiger partial charge is 0.282 e. The largest absolute Gasteiger partial charge is 0.325 e. The molecular formula is C14H19ClFN2O+. The van der Waals surface area contributed by atoms with Crippen LogP contribution in [0.25, 0.3) is 0 Å². The highest BCUT2D eigenvalue weighted by molar-refractivity contribution is 6.30. The number of amides is 1.